The van der Waals surface area contributed by atoms with Crippen molar-refractivity contribution >= 4 is 10.0 Å². The van der Waals surface area contributed by atoms with Crippen molar-refractivity contribution in [3.63, 3.8) is 0 Å². The Morgan fingerprint density at radius 3 is 2.08 bits per heavy atom. The maximum atomic E-state index is 13.0. The van der Waals surface area contributed by atoms with Gasteiger partial charge in [-0.05, 0) is 46.7 Å². The zero-order valence-corrected chi connectivity index (χ0v) is 17.3. The SMILES string of the molecule is COc1ccc(S(=O)(=O)N(C)Cc2ccc(C(C)C)cc2)cc1C(C)C. The van der Waals surface area contributed by atoms with Gasteiger partial charge in [0, 0.05) is 13.6 Å². The van der Waals surface area contributed by atoms with Gasteiger partial charge in [0.15, 0.2) is 0 Å². The number of sulfonamides is 1. The molecule has 0 unspecified atom stereocenters. The Labute approximate surface area is 157 Å². The second-order valence-electron chi connectivity index (χ2n) is 7.22. The average Bonchev–Trinajstić information content (AvgIpc) is 2.61. The van der Waals surface area contributed by atoms with Crippen LogP contribution in [0.4, 0.5) is 0 Å². The molecule has 142 valence electrons. The lowest BCUT2D eigenvalue weighted by Gasteiger charge is -2.20. The van der Waals surface area contributed by atoms with E-state index < -0.39 is 10.0 Å². The van der Waals surface area contributed by atoms with Crippen LogP contribution in [0.15, 0.2) is 47.4 Å². The molecule has 0 amide bonds. The summed E-state index contributed by atoms with van der Waals surface area (Å²) in [4.78, 5) is 0.295. The molecular weight excluding hydrogens is 346 g/mol. The highest BCUT2D eigenvalue weighted by atomic mass is 32.2. The van der Waals surface area contributed by atoms with Gasteiger partial charge in [-0.3, -0.25) is 0 Å². The van der Waals surface area contributed by atoms with Crippen LogP contribution in [0.2, 0.25) is 0 Å². The molecule has 0 bridgehead atoms. The second-order valence-corrected chi connectivity index (χ2v) is 9.26. The van der Waals surface area contributed by atoms with Gasteiger partial charge in [0.05, 0.1) is 12.0 Å². The molecule has 0 heterocycles. The third-order valence-corrected chi connectivity index (χ3v) is 6.38. The second kappa shape index (κ2) is 8.23. The number of benzene rings is 2. The van der Waals surface area contributed by atoms with E-state index >= 15 is 0 Å². The zero-order chi connectivity index (χ0) is 19.5. The summed E-state index contributed by atoms with van der Waals surface area (Å²) in [6.45, 7) is 8.66. The average molecular weight is 376 g/mol. The highest BCUT2D eigenvalue weighted by molar-refractivity contribution is 7.89. The van der Waals surface area contributed by atoms with Crippen LogP contribution in [0.5, 0.6) is 5.75 Å². The van der Waals surface area contributed by atoms with Crippen molar-refractivity contribution in [1.82, 2.24) is 4.31 Å². The molecule has 0 aromatic heterocycles. The smallest absolute Gasteiger partial charge is 0.243 e. The molecule has 2 rings (SSSR count). The van der Waals surface area contributed by atoms with Crippen LogP contribution < -0.4 is 4.74 Å². The van der Waals surface area contributed by atoms with E-state index in [-0.39, 0.29) is 5.92 Å². The normalized spacial score (nSPS) is 12.2. The van der Waals surface area contributed by atoms with Gasteiger partial charge in [-0.1, -0.05) is 52.0 Å². The third-order valence-electron chi connectivity index (χ3n) is 4.58. The third kappa shape index (κ3) is 4.46. The molecule has 0 aliphatic rings. The molecule has 0 saturated heterocycles. The molecule has 0 atom stereocenters. The lowest BCUT2D eigenvalue weighted by atomic mass is 10.0. The topological polar surface area (TPSA) is 46.6 Å². The fraction of sp³-hybridized carbons (Fsp3) is 0.429. The number of hydrogen-bond donors (Lipinski definition) is 0. The van der Waals surface area contributed by atoms with E-state index in [9.17, 15) is 8.42 Å². The van der Waals surface area contributed by atoms with Gasteiger partial charge in [0.1, 0.15) is 5.75 Å². The van der Waals surface area contributed by atoms with E-state index in [4.69, 9.17) is 4.74 Å². The zero-order valence-electron chi connectivity index (χ0n) is 16.5. The summed E-state index contributed by atoms with van der Waals surface area (Å²) in [6, 6.07) is 13.2. The van der Waals surface area contributed by atoms with Crippen LogP contribution in [-0.2, 0) is 16.6 Å². The van der Waals surface area contributed by atoms with Crippen molar-refractivity contribution in [3.8, 4) is 5.75 Å². The molecule has 0 spiro atoms. The summed E-state index contributed by atoms with van der Waals surface area (Å²) in [7, 11) is -0.351. The first kappa shape index (κ1) is 20.5. The molecule has 0 N–H and O–H groups in total. The Balaban J connectivity index is 2.27. The summed E-state index contributed by atoms with van der Waals surface area (Å²) in [5, 5.41) is 0. The van der Waals surface area contributed by atoms with E-state index in [1.165, 1.54) is 9.87 Å². The standard InChI is InChI=1S/C21H29NO3S/c1-15(2)18-9-7-17(8-10-18)14-22(5)26(23,24)19-11-12-21(25-6)20(13-19)16(3)4/h7-13,15-16H,14H2,1-6H3. The molecule has 5 heteroatoms. The summed E-state index contributed by atoms with van der Waals surface area (Å²) < 4.78 is 32.7. The summed E-state index contributed by atoms with van der Waals surface area (Å²) in [6.07, 6.45) is 0. The van der Waals surface area contributed by atoms with Crippen LogP contribution in [-0.4, -0.2) is 26.9 Å². The number of hydrogen-bond acceptors (Lipinski definition) is 3. The minimum absolute atomic E-state index is 0.175. The first-order valence-electron chi connectivity index (χ1n) is 8.90. The monoisotopic (exact) mass is 375 g/mol. The van der Waals surface area contributed by atoms with Gasteiger partial charge in [-0.15, -0.1) is 0 Å². The van der Waals surface area contributed by atoms with E-state index in [2.05, 4.69) is 26.0 Å². The predicted octanol–water partition coefficient (Wildman–Crippen LogP) is 4.76. The maximum absolute atomic E-state index is 13.0. The fourth-order valence-corrected chi connectivity index (χ4v) is 4.05. The molecule has 0 fully saturated rings. The Morgan fingerprint density at radius 1 is 0.962 bits per heavy atom. The largest absolute Gasteiger partial charge is 0.496 e. The van der Waals surface area contributed by atoms with Crippen molar-refractivity contribution in [2.75, 3.05) is 14.2 Å². The number of nitrogens with zero attached hydrogens (tertiary/aromatic N) is 1. The minimum Gasteiger partial charge on any atom is -0.496 e. The number of methoxy groups -OCH3 is 1. The Morgan fingerprint density at radius 2 is 1.58 bits per heavy atom. The molecule has 0 radical (unpaired) electrons. The van der Waals surface area contributed by atoms with Gasteiger partial charge in [-0.2, -0.15) is 4.31 Å². The van der Waals surface area contributed by atoms with Gasteiger partial charge < -0.3 is 4.74 Å². The highest BCUT2D eigenvalue weighted by Gasteiger charge is 2.23. The molecule has 2 aromatic rings. The molecule has 4 nitrogen and oxygen atoms in total. The van der Waals surface area contributed by atoms with Crippen molar-refractivity contribution in [2.24, 2.45) is 0 Å². The van der Waals surface area contributed by atoms with Crippen LogP contribution in [0.25, 0.3) is 0 Å². The number of rotatable bonds is 7. The minimum atomic E-state index is -3.57. The summed E-state index contributed by atoms with van der Waals surface area (Å²) >= 11 is 0. The predicted molar refractivity (Wildman–Crippen MR) is 106 cm³/mol. The summed E-state index contributed by atoms with van der Waals surface area (Å²) in [5.74, 6) is 1.35. The molecule has 0 saturated carbocycles. The van der Waals surface area contributed by atoms with Crippen molar-refractivity contribution < 1.29 is 13.2 Å². The van der Waals surface area contributed by atoms with Gasteiger partial charge >= 0.3 is 0 Å². The Bertz CT molecular complexity index is 840. The molecule has 0 aliphatic heterocycles. The van der Waals surface area contributed by atoms with Crippen LogP contribution >= 0.6 is 0 Å². The molecule has 26 heavy (non-hydrogen) atoms. The van der Waals surface area contributed by atoms with Crippen LogP contribution in [0.3, 0.4) is 0 Å². The van der Waals surface area contributed by atoms with Crippen LogP contribution in [0, 0.1) is 0 Å². The number of ether oxygens (including phenoxy) is 1. The van der Waals surface area contributed by atoms with Crippen molar-refractivity contribution in [3.05, 3.63) is 59.2 Å². The molecular formula is C21H29NO3S. The first-order chi connectivity index (χ1) is 12.2. The Kier molecular flexibility index (Phi) is 6.48. The molecule has 2 aromatic carbocycles. The van der Waals surface area contributed by atoms with Crippen molar-refractivity contribution in [1.29, 1.82) is 0 Å². The van der Waals surface area contributed by atoms with E-state index in [0.717, 1.165) is 11.1 Å². The lowest BCUT2D eigenvalue weighted by molar-refractivity contribution is 0.407. The maximum Gasteiger partial charge on any atom is 0.243 e. The first-order valence-corrected chi connectivity index (χ1v) is 10.3. The van der Waals surface area contributed by atoms with E-state index in [1.54, 1.807) is 32.4 Å². The lowest BCUT2D eigenvalue weighted by Crippen LogP contribution is -2.26. The summed E-state index contributed by atoms with van der Waals surface area (Å²) in [5.41, 5.74) is 3.11. The van der Waals surface area contributed by atoms with Gasteiger partial charge in [-0.25, -0.2) is 8.42 Å². The van der Waals surface area contributed by atoms with E-state index in [1.807, 2.05) is 26.0 Å². The van der Waals surface area contributed by atoms with Crippen molar-refractivity contribution in [2.45, 2.75) is 51.0 Å². The van der Waals surface area contributed by atoms with E-state index in [0.29, 0.717) is 23.1 Å². The van der Waals surface area contributed by atoms with Crippen LogP contribution in [0.1, 0.15) is 56.2 Å². The quantitative estimate of drug-likeness (QED) is 0.701. The highest BCUT2D eigenvalue weighted by Crippen LogP contribution is 2.30. The van der Waals surface area contributed by atoms with Gasteiger partial charge in [0.2, 0.25) is 10.0 Å². The fourth-order valence-electron chi connectivity index (χ4n) is 2.85. The Hall–Kier alpha value is -1.85. The van der Waals surface area contributed by atoms with Gasteiger partial charge in [0.25, 0.3) is 0 Å². The molecule has 0 aliphatic carbocycles.